The number of rotatable bonds is 2. The monoisotopic (exact) mass is 362 g/mol. The maximum atomic E-state index is 11.7. The normalized spacial score (nSPS) is 58.7. The van der Waals surface area contributed by atoms with Gasteiger partial charge in [-0.2, -0.15) is 0 Å². The summed E-state index contributed by atoms with van der Waals surface area (Å²) in [4.78, 5) is 0. The Labute approximate surface area is 156 Å². The van der Waals surface area contributed by atoms with Crippen LogP contribution in [0.3, 0.4) is 0 Å². The minimum atomic E-state index is -0.642. The maximum absolute atomic E-state index is 11.7. The van der Waals surface area contributed by atoms with Crippen molar-refractivity contribution in [3.63, 3.8) is 0 Å². The first-order chi connectivity index (χ1) is 11.8. The lowest BCUT2D eigenvalue weighted by Crippen LogP contribution is -2.59. The number of allylic oxidation sites excluding steroid dienone is 2. The summed E-state index contributed by atoms with van der Waals surface area (Å²) in [7, 11) is 0. The lowest BCUT2D eigenvalue weighted by Gasteiger charge is -2.56. The summed E-state index contributed by atoms with van der Waals surface area (Å²) in [5, 5.41) is 11.7. The van der Waals surface area contributed by atoms with Gasteiger partial charge in [0.25, 0.3) is 0 Å². The highest BCUT2D eigenvalue weighted by Gasteiger charge is 2.80. The van der Waals surface area contributed by atoms with E-state index < -0.39 is 5.60 Å². The molecule has 1 saturated heterocycles. The molecule has 3 saturated carbocycles. The van der Waals surface area contributed by atoms with Crippen molar-refractivity contribution in [3.8, 4) is 0 Å². The molecule has 1 heterocycles. The fourth-order valence-electron chi connectivity index (χ4n) is 7.88. The Morgan fingerprint density at radius 2 is 2.12 bits per heavy atom. The number of hydrogen-bond acceptors (Lipinski definition) is 2. The zero-order valence-electron chi connectivity index (χ0n) is 15.7. The molecule has 0 aromatic carbocycles. The molecule has 0 aromatic heterocycles. The van der Waals surface area contributed by atoms with Crippen LogP contribution in [0.4, 0.5) is 0 Å². The molecule has 0 bridgehead atoms. The van der Waals surface area contributed by atoms with Crippen LogP contribution in [-0.4, -0.2) is 28.3 Å². The average Bonchev–Trinajstić information content (AvgIpc) is 3.25. The third-order valence-corrected chi connectivity index (χ3v) is 9.45. The van der Waals surface area contributed by atoms with Crippen LogP contribution in [0.5, 0.6) is 0 Å². The van der Waals surface area contributed by atoms with Crippen molar-refractivity contribution in [2.24, 2.45) is 28.6 Å². The zero-order chi connectivity index (χ0) is 17.7. The molecule has 138 valence electrons. The Balaban J connectivity index is 1.58. The second kappa shape index (κ2) is 4.94. The summed E-state index contributed by atoms with van der Waals surface area (Å²) in [6, 6.07) is 0. The third-order valence-electron chi connectivity index (χ3n) is 9.27. The molecule has 5 rings (SSSR count). The minimum absolute atomic E-state index is 0.00981. The second-order valence-electron chi connectivity index (χ2n) is 9.84. The van der Waals surface area contributed by atoms with Gasteiger partial charge in [-0.25, -0.2) is 0 Å². The lowest BCUT2D eigenvalue weighted by molar-refractivity contribution is -0.121. The van der Waals surface area contributed by atoms with Crippen LogP contribution in [-0.2, 0) is 4.74 Å². The molecule has 3 heteroatoms. The van der Waals surface area contributed by atoms with Gasteiger partial charge in [-0.15, -0.1) is 11.6 Å². The van der Waals surface area contributed by atoms with E-state index in [1.807, 2.05) is 0 Å². The molecular formula is C22H31ClO2. The quantitative estimate of drug-likeness (QED) is 0.432. The molecule has 0 amide bonds. The van der Waals surface area contributed by atoms with Crippen molar-refractivity contribution >= 4 is 11.6 Å². The zero-order valence-corrected chi connectivity index (χ0v) is 16.5. The first kappa shape index (κ1) is 16.8. The van der Waals surface area contributed by atoms with Crippen LogP contribution in [0.1, 0.15) is 59.3 Å². The van der Waals surface area contributed by atoms with Gasteiger partial charge < -0.3 is 9.84 Å². The summed E-state index contributed by atoms with van der Waals surface area (Å²) in [6.45, 7) is 6.99. The minimum Gasteiger partial charge on any atom is -0.389 e. The molecule has 5 aliphatic rings. The lowest BCUT2D eigenvalue weighted by atomic mass is 9.47. The summed E-state index contributed by atoms with van der Waals surface area (Å²) in [5.74, 6) is 1.97. The van der Waals surface area contributed by atoms with Crippen molar-refractivity contribution in [2.75, 3.05) is 5.88 Å². The average molecular weight is 363 g/mol. The van der Waals surface area contributed by atoms with Gasteiger partial charge >= 0.3 is 0 Å². The van der Waals surface area contributed by atoms with Crippen LogP contribution >= 0.6 is 11.6 Å². The number of hydrogen-bond donors (Lipinski definition) is 1. The highest BCUT2D eigenvalue weighted by Crippen LogP contribution is 2.76. The van der Waals surface area contributed by atoms with E-state index in [-0.39, 0.29) is 16.4 Å². The van der Waals surface area contributed by atoms with Crippen LogP contribution in [0.2, 0.25) is 0 Å². The number of ether oxygens (including phenoxy) is 1. The van der Waals surface area contributed by atoms with Gasteiger partial charge in [-0.3, -0.25) is 0 Å². The number of fused-ring (bicyclic) bond motifs is 3. The van der Waals surface area contributed by atoms with Gasteiger partial charge in [0.1, 0.15) is 5.60 Å². The third kappa shape index (κ3) is 1.71. The smallest absolute Gasteiger partial charge is 0.110 e. The van der Waals surface area contributed by atoms with E-state index >= 15 is 0 Å². The van der Waals surface area contributed by atoms with Crippen LogP contribution in [0.15, 0.2) is 23.8 Å². The fourth-order valence-corrected chi connectivity index (χ4v) is 8.17. The van der Waals surface area contributed by atoms with Crippen molar-refractivity contribution in [3.05, 3.63) is 23.8 Å². The molecule has 0 aromatic rings. The standard InChI is InChI=1S/C22H31ClO2/c1-14-12-17-16-8-7-15-6-4-5-9-19(15,2)22(16)18(25-22)13-20(17,3)21(14,24)10-11-23/h5-6,9,14,16-18,24H,4,7-8,10-13H2,1-3H3/t14-,16+,17+,18+,19+,20+,21-,22-/m1/s1. The summed E-state index contributed by atoms with van der Waals surface area (Å²) < 4.78 is 6.61. The largest absolute Gasteiger partial charge is 0.389 e. The molecular weight excluding hydrogens is 332 g/mol. The summed E-state index contributed by atoms with van der Waals surface area (Å²) in [5.41, 5.74) is 0.948. The van der Waals surface area contributed by atoms with Gasteiger partial charge in [0.15, 0.2) is 0 Å². The van der Waals surface area contributed by atoms with Crippen molar-refractivity contribution < 1.29 is 9.84 Å². The molecule has 1 aliphatic heterocycles. The molecule has 1 spiro atoms. The first-order valence-corrected chi connectivity index (χ1v) is 10.7. The highest BCUT2D eigenvalue weighted by molar-refractivity contribution is 6.17. The van der Waals surface area contributed by atoms with E-state index in [2.05, 4.69) is 39.0 Å². The van der Waals surface area contributed by atoms with Gasteiger partial charge in [-0.1, -0.05) is 37.6 Å². The topological polar surface area (TPSA) is 32.8 Å². The van der Waals surface area contributed by atoms with Crippen LogP contribution in [0, 0.1) is 28.6 Å². The summed E-state index contributed by atoms with van der Waals surface area (Å²) >= 11 is 6.12. The Kier molecular flexibility index (Phi) is 3.33. The molecule has 4 aliphatic carbocycles. The van der Waals surface area contributed by atoms with Crippen LogP contribution < -0.4 is 0 Å². The summed E-state index contributed by atoms with van der Waals surface area (Å²) in [6.07, 6.45) is 13.8. The van der Waals surface area contributed by atoms with E-state index in [9.17, 15) is 5.11 Å². The maximum Gasteiger partial charge on any atom is 0.110 e. The Hall–Kier alpha value is -0.310. The van der Waals surface area contributed by atoms with Gasteiger partial charge in [0.05, 0.1) is 11.7 Å². The highest BCUT2D eigenvalue weighted by atomic mass is 35.5. The predicted molar refractivity (Wildman–Crippen MR) is 101 cm³/mol. The number of alkyl halides is 1. The van der Waals surface area contributed by atoms with Gasteiger partial charge in [-0.05, 0) is 63.2 Å². The Bertz CT molecular complexity index is 671. The molecule has 25 heavy (non-hydrogen) atoms. The van der Waals surface area contributed by atoms with Gasteiger partial charge in [0, 0.05) is 16.7 Å². The van der Waals surface area contributed by atoms with E-state index in [4.69, 9.17) is 16.3 Å². The van der Waals surface area contributed by atoms with E-state index in [1.165, 1.54) is 12.8 Å². The first-order valence-electron chi connectivity index (χ1n) is 10.2. The number of aliphatic hydroxyl groups is 1. The molecule has 1 N–H and O–H groups in total. The van der Waals surface area contributed by atoms with Crippen molar-refractivity contribution in [2.45, 2.75) is 76.6 Å². The Morgan fingerprint density at radius 1 is 1.32 bits per heavy atom. The van der Waals surface area contributed by atoms with Crippen molar-refractivity contribution in [1.29, 1.82) is 0 Å². The van der Waals surface area contributed by atoms with Crippen LogP contribution in [0.25, 0.3) is 0 Å². The van der Waals surface area contributed by atoms with E-state index in [0.29, 0.717) is 36.2 Å². The van der Waals surface area contributed by atoms with E-state index in [1.54, 1.807) is 5.57 Å². The molecule has 8 atom stereocenters. The molecule has 2 nitrogen and oxygen atoms in total. The van der Waals surface area contributed by atoms with Crippen molar-refractivity contribution in [1.82, 2.24) is 0 Å². The molecule has 0 unspecified atom stereocenters. The molecule has 0 radical (unpaired) electrons. The molecule has 4 fully saturated rings. The van der Waals surface area contributed by atoms with E-state index in [0.717, 1.165) is 19.3 Å². The van der Waals surface area contributed by atoms with Gasteiger partial charge in [0.2, 0.25) is 0 Å². The number of epoxide rings is 1. The second-order valence-corrected chi connectivity index (χ2v) is 10.2. The predicted octanol–water partition coefficient (Wildman–Crippen LogP) is 4.85. The fraction of sp³-hybridized carbons (Fsp3) is 0.818. The SMILES string of the molecule is C[C@@H]1C[C@H]2[C@@H]3CCC4=CCC=C[C@]4(C)[C@@]34O[C@H]4C[C@]2(C)[C@@]1(O)CCCl. The Morgan fingerprint density at radius 3 is 2.88 bits per heavy atom. The number of halogens is 1.